The predicted octanol–water partition coefficient (Wildman–Crippen LogP) is 3.42. The van der Waals surface area contributed by atoms with Gasteiger partial charge in [0.1, 0.15) is 31.2 Å². The van der Waals surface area contributed by atoms with Gasteiger partial charge >= 0.3 is 0 Å². The standard InChI is InChI=1S/C17H31BBrN3O2SSi/c1-8-9-13(21-25(23)17(2,3)4)16-20-14(18)15(19)22(16)12-24-10-11-26(5,6)7/h8,13,21H,1,9-12H2,2-7H3/t13-,25?/m0/s1. The van der Waals surface area contributed by atoms with Gasteiger partial charge in [-0.25, -0.2) is 4.98 Å². The molecular formula is C17H31BBrN3O2SSi. The number of hydrogen-bond donors (Lipinski definition) is 1. The van der Waals surface area contributed by atoms with Gasteiger partial charge in [0.05, 0.1) is 4.60 Å². The summed E-state index contributed by atoms with van der Waals surface area (Å²) < 4.78 is 23.8. The summed E-state index contributed by atoms with van der Waals surface area (Å²) in [6.45, 7) is 17.6. The Morgan fingerprint density at radius 3 is 2.58 bits per heavy atom. The van der Waals surface area contributed by atoms with Gasteiger partial charge in [0.25, 0.3) is 0 Å². The molecule has 1 heterocycles. The molecule has 1 aromatic rings. The summed E-state index contributed by atoms with van der Waals surface area (Å²) in [6.07, 6.45) is 2.37. The van der Waals surface area contributed by atoms with Crippen LogP contribution in [0.2, 0.25) is 25.7 Å². The van der Waals surface area contributed by atoms with Gasteiger partial charge in [-0.05, 0) is 49.2 Å². The Kier molecular flexibility index (Phi) is 9.16. The Labute approximate surface area is 172 Å². The lowest BCUT2D eigenvalue weighted by atomic mass is 10.1. The monoisotopic (exact) mass is 459 g/mol. The van der Waals surface area contributed by atoms with E-state index < -0.39 is 19.4 Å². The summed E-state index contributed by atoms with van der Waals surface area (Å²) in [4.78, 5) is 4.47. The molecule has 0 aliphatic heterocycles. The van der Waals surface area contributed by atoms with Gasteiger partial charge < -0.3 is 9.29 Å². The lowest BCUT2D eigenvalue weighted by molar-refractivity contribution is 0.0827. The number of rotatable bonds is 10. The van der Waals surface area contributed by atoms with Crippen LogP contribution in [0.5, 0.6) is 0 Å². The van der Waals surface area contributed by atoms with E-state index in [9.17, 15) is 4.55 Å². The van der Waals surface area contributed by atoms with Gasteiger partial charge in [0.2, 0.25) is 0 Å². The molecule has 9 heteroatoms. The van der Waals surface area contributed by atoms with Crippen LogP contribution in [0.1, 0.15) is 39.1 Å². The summed E-state index contributed by atoms with van der Waals surface area (Å²) in [6, 6.07) is 0.828. The molecule has 0 aromatic carbocycles. The van der Waals surface area contributed by atoms with Gasteiger partial charge in [-0.3, -0.25) is 4.57 Å². The van der Waals surface area contributed by atoms with E-state index in [0.29, 0.717) is 35.8 Å². The molecule has 146 valence electrons. The number of nitrogens with zero attached hydrogens (tertiary/aromatic N) is 2. The van der Waals surface area contributed by atoms with E-state index in [4.69, 9.17) is 12.6 Å². The van der Waals surface area contributed by atoms with Crippen molar-refractivity contribution in [1.82, 2.24) is 14.3 Å². The molecule has 0 amide bonds. The molecule has 1 rings (SSSR count). The van der Waals surface area contributed by atoms with Gasteiger partial charge in [-0.1, -0.05) is 25.7 Å². The molecule has 5 nitrogen and oxygen atoms in total. The lowest BCUT2D eigenvalue weighted by Gasteiger charge is -2.27. The molecule has 0 saturated heterocycles. The Morgan fingerprint density at radius 1 is 1.46 bits per heavy atom. The SMILES string of the molecule is [B]c1nc([C@H](CC=C)N[S+]([O-])C(C)(C)C)n(COCC[Si](C)(C)C)c1Br. The summed E-state index contributed by atoms with van der Waals surface area (Å²) in [5, 5.41) is 0. The first-order valence-electron chi connectivity index (χ1n) is 8.75. The quantitative estimate of drug-likeness (QED) is 0.252. The van der Waals surface area contributed by atoms with E-state index in [2.05, 4.69) is 51.9 Å². The molecule has 0 aliphatic carbocycles. The molecule has 2 atom stereocenters. The van der Waals surface area contributed by atoms with Crippen LogP contribution in [0.4, 0.5) is 0 Å². The molecule has 1 aromatic heterocycles. The van der Waals surface area contributed by atoms with Crippen molar-refractivity contribution < 1.29 is 9.29 Å². The van der Waals surface area contributed by atoms with Gasteiger partial charge in [0, 0.05) is 31.6 Å². The van der Waals surface area contributed by atoms with E-state index in [0.717, 1.165) is 6.04 Å². The molecule has 2 radical (unpaired) electrons. The van der Waals surface area contributed by atoms with Crippen molar-refractivity contribution in [2.75, 3.05) is 6.61 Å². The van der Waals surface area contributed by atoms with Gasteiger partial charge in [-0.15, -0.1) is 11.3 Å². The first-order valence-corrected chi connectivity index (χ1v) is 14.4. The smallest absolute Gasteiger partial charge is 0.145 e. The Hall–Kier alpha value is -0.0582. The molecule has 0 fully saturated rings. The molecule has 0 saturated carbocycles. The van der Waals surface area contributed by atoms with Crippen molar-refractivity contribution in [2.45, 2.75) is 70.4 Å². The average molecular weight is 460 g/mol. The highest BCUT2D eigenvalue weighted by molar-refractivity contribution is 9.10. The summed E-state index contributed by atoms with van der Waals surface area (Å²) in [5.74, 6) is 0.694. The van der Waals surface area contributed by atoms with Gasteiger partial charge in [-0.2, -0.15) is 0 Å². The van der Waals surface area contributed by atoms with Crippen molar-refractivity contribution in [3.8, 4) is 0 Å². The van der Waals surface area contributed by atoms with Crippen LogP contribution >= 0.6 is 15.9 Å². The zero-order chi connectivity index (χ0) is 20.1. The predicted molar refractivity (Wildman–Crippen MR) is 118 cm³/mol. The minimum atomic E-state index is -1.24. The maximum absolute atomic E-state index is 12.6. The summed E-state index contributed by atoms with van der Waals surface area (Å²) in [7, 11) is 4.86. The van der Waals surface area contributed by atoms with Crippen LogP contribution in [-0.4, -0.2) is 41.4 Å². The largest absolute Gasteiger partial charge is 0.598 e. The molecular weight excluding hydrogens is 429 g/mol. The molecule has 0 spiro atoms. The van der Waals surface area contributed by atoms with Crippen LogP contribution in [0.25, 0.3) is 0 Å². The maximum Gasteiger partial charge on any atom is 0.145 e. The highest BCUT2D eigenvalue weighted by atomic mass is 79.9. The van der Waals surface area contributed by atoms with Crippen LogP contribution in [0.3, 0.4) is 0 Å². The van der Waals surface area contributed by atoms with Crippen LogP contribution < -0.4 is 10.3 Å². The Bertz CT molecular complexity index is 602. The molecule has 26 heavy (non-hydrogen) atoms. The second-order valence-corrected chi connectivity index (χ2v) is 16.9. The minimum Gasteiger partial charge on any atom is -0.598 e. The molecule has 0 aliphatic rings. The van der Waals surface area contributed by atoms with E-state index in [-0.39, 0.29) is 10.8 Å². The lowest BCUT2D eigenvalue weighted by Crippen LogP contribution is -2.42. The maximum atomic E-state index is 12.6. The number of aromatic nitrogens is 2. The third-order valence-corrected chi connectivity index (χ3v) is 7.85. The number of ether oxygens (including phenoxy) is 1. The number of hydrogen-bond acceptors (Lipinski definition) is 4. The normalized spacial score (nSPS) is 15.1. The Balaban J connectivity index is 2.97. The fourth-order valence-electron chi connectivity index (χ4n) is 2.07. The van der Waals surface area contributed by atoms with Crippen LogP contribution in [0, 0.1) is 0 Å². The van der Waals surface area contributed by atoms with E-state index in [1.807, 2.05) is 25.3 Å². The van der Waals surface area contributed by atoms with Gasteiger partial charge in [0.15, 0.2) is 0 Å². The molecule has 1 N–H and O–H groups in total. The second-order valence-electron chi connectivity index (χ2n) is 8.50. The fourth-order valence-corrected chi connectivity index (χ4v) is 4.01. The second kappa shape index (κ2) is 9.93. The third-order valence-electron chi connectivity index (χ3n) is 3.70. The number of imidazole rings is 1. The summed E-state index contributed by atoms with van der Waals surface area (Å²) in [5.41, 5.74) is 0.395. The van der Waals surface area contributed by atoms with Crippen molar-refractivity contribution in [2.24, 2.45) is 0 Å². The highest BCUT2D eigenvalue weighted by Crippen LogP contribution is 2.24. The zero-order valence-corrected chi connectivity index (χ0v) is 20.2. The first kappa shape index (κ1) is 24.0. The van der Waals surface area contributed by atoms with Crippen LogP contribution in [-0.2, 0) is 22.8 Å². The van der Waals surface area contributed by atoms with Crippen LogP contribution in [0.15, 0.2) is 17.3 Å². The highest BCUT2D eigenvalue weighted by Gasteiger charge is 2.31. The van der Waals surface area contributed by atoms with Crippen molar-refractivity contribution >= 4 is 48.8 Å². The van der Waals surface area contributed by atoms with E-state index >= 15 is 0 Å². The fraction of sp³-hybridized carbons (Fsp3) is 0.706. The third kappa shape index (κ3) is 7.52. The topological polar surface area (TPSA) is 62.1 Å². The summed E-state index contributed by atoms with van der Waals surface area (Å²) >= 11 is 2.26. The zero-order valence-electron chi connectivity index (χ0n) is 16.8. The van der Waals surface area contributed by atoms with E-state index in [1.165, 1.54) is 0 Å². The van der Waals surface area contributed by atoms with Crippen molar-refractivity contribution in [1.29, 1.82) is 0 Å². The average Bonchev–Trinajstić information content (AvgIpc) is 2.77. The number of nitrogens with one attached hydrogen (secondary N) is 1. The van der Waals surface area contributed by atoms with E-state index in [1.54, 1.807) is 6.08 Å². The first-order chi connectivity index (χ1) is 11.9. The minimum absolute atomic E-state index is 0.262. The Morgan fingerprint density at radius 2 is 2.08 bits per heavy atom. The van der Waals surface area contributed by atoms with Crippen molar-refractivity contribution in [3.05, 3.63) is 23.1 Å². The molecule has 0 bridgehead atoms. The number of halogens is 1. The molecule has 1 unspecified atom stereocenters. The van der Waals surface area contributed by atoms with Crippen molar-refractivity contribution in [3.63, 3.8) is 0 Å².